The molecule has 1 unspecified atom stereocenters. The van der Waals surface area contributed by atoms with Gasteiger partial charge in [0.15, 0.2) is 5.16 Å². The van der Waals surface area contributed by atoms with Gasteiger partial charge in [-0.25, -0.2) is 4.98 Å². The number of amides is 1. The fraction of sp³-hybridized carbons (Fsp3) is 0.263. The highest BCUT2D eigenvalue weighted by molar-refractivity contribution is 7.99. The lowest BCUT2D eigenvalue weighted by Crippen LogP contribution is -2.28. The highest BCUT2D eigenvalue weighted by Crippen LogP contribution is 2.20. The van der Waals surface area contributed by atoms with Gasteiger partial charge in [0, 0.05) is 6.20 Å². The number of aromatic nitrogens is 2. The number of carbonyl (C=O) groups excluding carboxylic acids is 1. The lowest BCUT2D eigenvalue weighted by Gasteiger charge is -2.15. The molecule has 0 fully saturated rings. The standard InChI is InChI=1S/C19H21N3OS/c1-13-7-8-16(10-14(13)2)15(3)21-18(23)12-24-19-20-11-17-6-4-5-9-22(17)19/h4-11,15H,12H2,1-3H3,(H,21,23). The van der Waals surface area contributed by atoms with E-state index in [1.165, 1.54) is 22.9 Å². The number of imidazole rings is 1. The average Bonchev–Trinajstić information content (AvgIpc) is 2.98. The second kappa shape index (κ2) is 7.09. The maximum Gasteiger partial charge on any atom is 0.230 e. The normalized spacial score (nSPS) is 12.3. The van der Waals surface area contributed by atoms with Crippen LogP contribution in [0.5, 0.6) is 0 Å². The number of hydrogen-bond donors (Lipinski definition) is 1. The van der Waals surface area contributed by atoms with Crippen LogP contribution in [0.4, 0.5) is 0 Å². The predicted octanol–water partition coefficient (Wildman–Crippen LogP) is 3.92. The van der Waals surface area contributed by atoms with E-state index in [4.69, 9.17) is 0 Å². The van der Waals surface area contributed by atoms with Crippen molar-refractivity contribution < 1.29 is 4.79 Å². The Kier molecular flexibility index (Phi) is 4.90. The number of fused-ring (bicyclic) bond motifs is 1. The van der Waals surface area contributed by atoms with Crippen LogP contribution in [0.3, 0.4) is 0 Å². The van der Waals surface area contributed by atoms with Gasteiger partial charge in [0.2, 0.25) is 5.91 Å². The topological polar surface area (TPSA) is 46.4 Å². The van der Waals surface area contributed by atoms with Gasteiger partial charge in [0.05, 0.1) is 23.5 Å². The van der Waals surface area contributed by atoms with Crippen LogP contribution < -0.4 is 5.32 Å². The van der Waals surface area contributed by atoms with Gasteiger partial charge in [0.1, 0.15) is 0 Å². The van der Waals surface area contributed by atoms with Gasteiger partial charge in [-0.2, -0.15) is 0 Å². The average molecular weight is 339 g/mol. The molecule has 24 heavy (non-hydrogen) atoms. The van der Waals surface area contributed by atoms with Crippen LogP contribution in [0.15, 0.2) is 53.9 Å². The minimum Gasteiger partial charge on any atom is -0.349 e. The maximum absolute atomic E-state index is 12.2. The van der Waals surface area contributed by atoms with Crippen LogP contribution in [0.25, 0.3) is 5.52 Å². The van der Waals surface area contributed by atoms with E-state index in [-0.39, 0.29) is 11.9 Å². The first-order valence-corrected chi connectivity index (χ1v) is 8.94. The molecule has 0 spiro atoms. The molecule has 2 heterocycles. The molecule has 5 heteroatoms. The molecule has 3 rings (SSSR count). The number of thioether (sulfide) groups is 1. The largest absolute Gasteiger partial charge is 0.349 e. The van der Waals surface area contributed by atoms with Crippen LogP contribution in [-0.2, 0) is 4.79 Å². The Morgan fingerprint density at radius 3 is 2.88 bits per heavy atom. The highest BCUT2D eigenvalue weighted by Gasteiger charge is 2.12. The summed E-state index contributed by atoms with van der Waals surface area (Å²) >= 11 is 1.45. The molecule has 2 aromatic heterocycles. The van der Waals surface area contributed by atoms with Crippen molar-refractivity contribution in [1.29, 1.82) is 0 Å². The van der Waals surface area contributed by atoms with Crippen LogP contribution >= 0.6 is 11.8 Å². The lowest BCUT2D eigenvalue weighted by molar-refractivity contribution is -0.119. The quantitative estimate of drug-likeness (QED) is 0.717. The van der Waals surface area contributed by atoms with Gasteiger partial charge in [-0.3, -0.25) is 9.20 Å². The van der Waals surface area contributed by atoms with Crippen molar-refractivity contribution in [3.05, 3.63) is 65.5 Å². The fourth-order valence-electron chi connectivity index (χ4n) is 2.56. The fourth-order valence-corrected chi connectivity index (χ4v) is 3.33. The van der Waals surface area contributed by atoms with Crippen LogP contribution in [0.2, 0.25) is 0 Å². The van der Waals surface area contributed by atoms with Crippen molar-refractivity contribution >= 4 is 23.2 Å². The third-order valence-electron chi connectivity index (χ3n) is 4.15. The van der Waals surface area contributed by atoms with E-state index in [0.717, 1.165) is 16.2 Å². The molecular formula is C19H21N3OS. The SMILES string of the molecule is Cc1ccc(C(C)NC(=O)CSc2ncc3ccccn23)cc1C. The van der Waals surface area contributed by atoms with Crippen molar-refractivity contribution in [2.24, 2.45) is 0 Å². The summed E-state index contributed by atoms with van der Waals surface area (Å²) in [7, 11) is 0. The van der Waals surface area contributed by atoms with Crippen LogP contribution in [-0.4, -0.2) is 21.0 Å². The molecule has 0 aliphatic rings. The summed E-state index contributed by atoms with van der Waals surface area (Å²) < 4.78 is 1.99. The maximum atomic E-state index is 12.2. The zero-order valence-corrected chi connectivity index (χ0v) is 14.9. The molecule has 0 radical (unpaired) electrons. The summed E-state index contributed by atoms with van der Waals surface area (Å²) in [4.78, 5) is 16.6. The van der Waals surface area contributed by atoms with E-state index in [0.29, 0.717) is 5.75 Å². The van der Waals surface area contributed by atoms with Gasteiger partial charge in [-0.1, -0.05) is 36.0 Å². The first kappa shape index (κ1) is 16.6. The summed E-state index contributed by atoms with van der Waals surface area (Å²) in [5, 5.41) is 3.89. The number of nitrogens with zero attached hydrogens (tertiary/aromatic N) is 2. The van der Waals surface area contributed by atoms with Crippen molar-refractivity contribution in [3.63, 3.8) is 0 Å². The Balaban J connectivity index is 1.60. The number of carbonyl (C=O) groups is 1. The molecule has 1 N–H and O–H groups in total. The van der Waals surface area contributed by atoms with Gasteiger partial charge in [-0.15, -0.1) is 0 Å². The molecule has 0 bridgehead atoms. The smallest absolute Gasteiger partial charge is 0.230 e. The Labute approximate surface area is 146 Å². The highest BCUT2D eigenvalue weighted by atomic mass is 32.2. The van der Waals surface area contributed by atoms with Crippen molar-refractivity contribution in [2.75, 3.05) is 5.75 Å². The number of aryl methyl sites for hydroxylation is 2. The summed E-state index contributed by atoms with van der Waals surface area (Å²) in [6, 6.07) is 12.2. The van der Waals surface area contributed by atoms with Crippen molar-refractivity contribution in [3.8, 4) is 0 Å². The van der Waals surface area contributed by atoms with E-state index in [9.17, 15) is 4.79 Å². The van der Waals surface area contributed by atoms with E-state index in [2.05, 4.69) is 42.3 Å². The van der Waals surface area contributed by atoms with Gasteiger partial charge >= 0.3 is 0 Å². The molecule has 3 aromatic rings. The number of rotatable bonds is 5. The van der Waals surface area contributed by atoms with Crippen molar-refractivity contribution in [2.45, 2.75) is 32.0 Å². The molecule has 0 aliphatic carbocycles. The Morgan fingerprint density at radius 1 is 1.25 bits per heavy atom. The van der Waals surface area contributed by atoms with Crippen LogP contribution in [0, 0.1) is 13.8 Å². The molecule has 124 valence electrons. The third kappa shape index (κ3) is 3.62. The second-order valence-electron chi connectivity index (χ2n) is 5.96. The minimum atomic E-state index is -0.00517. The summed E-state index contributed by atoms with van der Waals surface area (Å²) in [5.74, 6) is 0.363. The number of nitrogens with one attached hydrogen (secondary N) is 1. The summed E-state index contributed by atoms with van der Waals surface area (Å²) in [6.07, 6.45) is 3.78. The molecule has 1 atom stereocenters. The Bertz CT molecular complexity index is 872. The zero-order chi connectivity index (χ0) is 17.1. The van der Waals surface area contributed by atoms with E-state index >= 15 is 0 Å². The number of hydrogen-bond acceptors (Lipinski definition) is 3. The monoisotopic (exact) mass is 339 g/mol. The molecule has 1 amide bonds. The number of benzene rings is 1. The van der Waals surface area contributed by atoms with Crippen molar-refractivity contribution in [1.82, 2.24) is 14.7 Å². The molecule has 0 aliphatic heterocycles. The third-order valence-corrected chi connectivity index (χ3v) is 5.11. The summed E-state index contributed by atoms with van der Waals surface area (Å²) in [5.41, 5.74) is 4.66. The van der Waals surface area contributed by atoms with E-state index in [1.807, 2.05) is 41.9 Å². The molecular weight excluding hydrogens is 318 g/mol. The van der Waals surface area contributed by atoms with E-state index in [1.54, 1.807) is 0 Å². The van der Waals surface area contributed by atoms with Gasteiger partial charge < -0.3 is 5.32 Å². The van der Waals surface area contributed by atoms with E-state index < -0.39 is 0 Å². The summed E-state index contributed by atoms with van der Waals surface area (Å²) in [6.45, 7) is 6.19. The zero-order valence-electron chi connectivity index (χ0n) is 14.1. The molecule has 4 nitrogen and oxygen atoms in total. The number of pyridine rings is 1. The van der Waals surface area contributed by atoms with Gasteiger partial charge in [-0.05, 0) is 49.6 Å². The first-order chi connectivity index (χ1) is 11.5. The second-order valence-corrected chi connectivity index (χ2v) is 6.90. The van der Waals surface area contributed by atoms with Crippen LogP contribution in [0.1, 0.15) is 29.7 Å². The molecule has 1 aromatic carbocycles. The molecule has 0 saturated carbocycles. The molecule has 0 saturated heterocycles. The first-order valence-electron chi connectivity index (χ1n) is 7.96. The Hall–Kier alpha value is -2.27. The lowest BCUT2D eigenvalue weighted by atomic mass is 10.0. The minimum absolute atomic E-state index is 0.00517. The predicted molar refractivity (Wildman–Crippen MR) is 98.4 cm³/mol. The Morgan fingerprint density at radius 2 is 2.08 bits per heavy atom. The van der Waals surface area contributed by atoms with Gasteiger partial charge in [0.25, 0.3) is 0 Å².